The number of carbonyl (C=O) groups is 1. The van der Waals surface area contributed by atoms with E-state index >= 15 is 0 Å². The van der Waals surface area contributed by atoms with Crippen LogP contribution in [0.1, 0.15) is 52.4 Å². The molecular weight excluding hydrogens is 191 g/mol. The molecule has 0 amide bonds. The fourth-order valence-corrected chi connectivity index (χ4v) is 1.18. The van der Waals surface area contributed by atoms with E-state index in [1.54, 1.807) is 0 Å². The Labute approximate surface area is 124 Å². The van der Waals surface area contributed by atoms with Crippen molar-refractivity contribution in [1.29, 1.82) is 0 Å². The fourth-order valence-electron chi connectivity index (χ4n) is 1.18. The summed E-state index contributed by atoms with van der Waals surface area (Å²) in [7, 11) is 0. The van der Waals surface area contributed by atoms with E-state index in [2.05, 4.69) is 13.8 Å². The first-order chi connectivity index (χ1) is 5.63. The van der Waals surface area contributed by atoms with Crippen LogP contribution >= 0.6 is 0 Å². The van der Waals surface area contributed by atoms with Crippen LogP contribution in [-0.2, 0) is 4.79 Å². The average molecular weight is 210 g/mol. The van der Waals surface area contributed by atoms with Crippen LogP contribution in [0.15, 0.2) is 0 Å². The second-order valence-electron chi connectivity index (χ2n) is 3.72. The zero-order valence-electron chi connectivity index (χ0n) is 9.14. The van der Waals surface area contributed by atoms with Gasteiger partial charge in [0.25, 0.3) is 0 Å². The molecule has 0 unspecified atom stereocenters. The van der Waals surface area contributed by atoms with Crippen molar-refractivity contribution >= 4 is 5.97 Å². The van der Waals surface area contributed by atoms with Crippen molar-refractivity contribution in [2.24, 2.45) is 5.92 Å². The number of carboxylic acids is 1. The Morgan fingerprint density at radius 2 is 1.69 bits per heavy atom. The van der Waals surface area contributed by atoms with Crippen LogP contribution < -0.4 is 56.5 Å². The van der Waals surface area contributed by atoms with Gasteiger partial charge in [0.15, 0.2) is 0 Å². The van der Waals surface area contributed by atoms with E-state index in [0.717, 1.165) is 25.2 Å². The maximum Gasteiger partial charge on any atom is 1.00 e. The Morgan fingerprint density at radius 1 is 1.15 bits per heavy atom. The molecule has 0 radical (unpaired) electrons. The van der Waals surface area contributed by atoms with Crippen LogP contribution in [0, 0.1) is 5.92 Å². The van der Waals surface area contributed by atoms with Gasteiger partial charge >= 0.3 is 51.4 Å². The number of hydrogen-bond acceptors (Lipinski definition) is 2. The quantitative estimate of drug-likeness (QED) is 0.389. The first kappa shape index (κ1) is 16.5. The zero-order chi connectivity index (χ0) is 9.40. The van der Waals surface area contributed by atoms with Gasteiger partial charge in [-0.2, -0.15) is 0 Å². The summed E-state index contributed by atoms with van der Waals surface area (Å²) >= 11 is 0. The van der Waals surface area contributed by atoms with Crippen molar-refractivity contribution in [2.45, 2.75) is 52.4 Å². The summed E-state index contributed by atoms with van der Waals surface area (Å²) < 4.78 is 0. The third kappa shape index (κ3) is 15.8. The number of aliphatic carboxylic acids is 1. The van der Waals surface area contributed by atoms with Gasteiger partial charge in [0.1, 0.15) is 0 Å². The van der Waals surface area contributed by atoms with Gasteiger partial charge < -0.3 is 9.90 Å². The second kappa shape index (κ2) is 11.2. The predicted octanol–water partition coefficient (Wildman–Crippen LogP) is -1.26. The smallest absolute Gasteiger partial charge is 0.550 e. The van der Waals surface area contributed by atoms with Crippen molar-refractivity contribution < 1.29 is 61.3 Å². The van der Waals surface area contributed by atoms with E-state index in [1.807, 2.05) is 0 Å². The number of carbonyl (C=O) groups excluding carboxylic acids is 1. The molecule has 13 heavy (non-hydrogen) atoms. The fraction of sp³-hybridized carbons (Fsp3) is 0.900. The molecule has 3 heteroatoms. The summed E-state index contributed by atoms with van der Waals surface area (Å²) in [5, 5.41) is 10.0. The summed E-state index contributed by atoms with van der Waals surface area (Å²) in [6.45, 7) is 4.42. The van der Waals surface area contributed by atoms with Crippen LogP contribution in [0.4, 0.5) is 0 Å². The minimum atomic E-state index is -0.918. The molecule has 0 aliphatic heterocycles. The zero-order valence-corrected chi connectivity index (χ0v) is 12.3. The van der Waals surface area contributed by atoms with Crippen LogP contribution in [0.5, 0.6) is 0 Å². The summed E-state index contributed by atoms with van der Waals surface area (Å²) in [5.74, 6) is -0.148. The Balaban J connectivity index is 0. The Hall–Kier alpha value is 1.11. The van der Waals surface area contributed by atoms with E-state index < -0.39 is 5.97 Å². The number of hydrogen-bond donors (Lipinski definition) is 0. The molecule has 0 spiro atoms. The normalized spacial score (nSPS) is 9.77. The standard InChI is InChI=1S/C10H20O2.K/c1-9(2)7-5-3-4-6-8-10(11)12;/h9H,3-8H2,1-2H3,(H,11,12);/q;+1/p-1. The molecule has 0 N–H and O–H groups in total. The van der Waals surface area contributed by atoms with Crippen LogP contribution in [0.2, 0.25) is 0 Å². The van der Waals surface area contributed by atoms with Crippen LogP contribution in [0.3, 0.4) is 0 Å². The van der Waals surface area contributed by atoms with Crippen molar-refractivity contribution in [2.75, 3.05) is 0 Å². The summed E-state index contributed by atoms with van der Waals surface area (Å²) in [6.07, 6.45) is 5.67. The molecular formula is C10H19KO2. The summed E-state index contributed by atoms with van der Waals surface area (Å²) in [5.41, 5.74) is 0. The van der Waals surface area contributed by atoms with E-state index in [4.69, 9.17) is 0 Å². The minimum absolute atomic E-state index is 0. The SMILES string of the molecule is CC(C)CCCCCCC(=O)[O-].[K+]. The minimum Gasteiger partial charge on any atom is -0.550 e. The van der Waals surface area contributed by atoms with E-state index in [1.165, 1.54) is 12.8 Å². The third-order valence-electron chi connectivity index (χ3n) is 1.91. The molecule has 0 bridgehead atoms. The molecule has 0 heterocycles. The summed E-state index contributed by atoms with van der Waals surface area (Å²) in [6, 6.07) is 0. The van der Waals surface area contributed by atoms with E-state index in [9.17, 15) is 9.90 Å². The molecule has 0 aromatic carbocycles. The average Bonchev–Trinajstić information content (AvgIpc) is 1.95. The number of unbranched alkanes of at least 4 members (excludes halogenated alkanes) is 3. The maximum atomic E-state index is 10.0. The van der Waals surface area contributed by atoms with Gasteiger partial charge in [-0.05, 0) is 18.8 Å². The molecule has 0 fully saturated rings. The molecule has 0 aromatic rings. The molecule has 0 aromatic heterocycles. The number of carboxylic acid groups (broad SMARTS) is 1. The monoisotopic (exact) mass is 210 g/mol. The van der Waals surface area contributed by atoms with Gasteiger partial charge in [0.05, 0.1) is 0 Å². The van der Waals surface area contributed by atoms with E-state index in [-0.39, 0.29) is 57.8 Å². The Morgan fingerprint density at radius 3 is 2.15 bits per heavy atom. The van der Waals surface area contributed by atoms with Crippen molar-refractivity contribution in [3.05, 3.63) is 0 Å². The molecule has 0 rings (SSSR count). The van der Waals surface area contributed by atoms with Gasteiger partial charge in [-0.3, -0.25) is 0 Å². The van der Waals surface area contributed by atoms with Gasteiger partial charge in [-0.25, -0.2) is 0 Å². The molecule has 2 nitrogen and oxygen atoms in total. The molecule has 0 atom stereocenters. The maximum absolute atomic E-state index is 10.0. The second-order valence-corrected chi connectivity index (χ2v) is 3.72. The topological polar surface area (TPSA) is 40.1 Å². The molecule has 0 aliphatic carbocycles. The molecule has 0 saturated carbocycles. The van der Waals surface area contributed by atoms with Gasteiger partial charge in [0.2, 0.25) is 0 Å². The van der Waals surface area contributed by atoms with Crippen LogP contribution in [-0.4, -0.2) is 5.97 Å². The summed E-state index contributed by atoms with van der Waals surface area (Å²) in [4.78, 5) is 10.0. The predicted molar refractivity (Wildman–Crippen MR) is 47.5 cm³/mol. The number of rotatable bonds is 7. The van der Waals surface area contributed by atoms with Crippen molar-refractivity contribution in [1.82, 2.24) is 0 Å². The van der Waals surface area contributed by atoms with Crippen LogP contribution in [0.25, 0.3) is 0 Å². The molecule has 0 aliphatic rings. The Kier molecular flexibility index (Phi) is 14.2. The first-order valence-electron chi connectivity index (χ1n) is 4.82. The van der Waals surface area contributed by atoms with Gasteiger partial charge in [0, 0.05) is 5.97 Å². The first-order valence-corrected chi connectivity index (χ1v) is 4.82. The largest absolute Gasteiger partial charge is 1.00 e. The Bertz CT molecular complexity index is 124. The van der Waals surface area contributed by atoms with E-state index in [0.29, 0.717) is 0 Å². The molecule has 0 saturated heterocycles. The van der Waals surface area contributed by atoms with Crippen molar-refractivity contribution in [3.8, 4) is 0 Å². The third-order valence-corrected chi connectivity index (χ3v) is 1.91. The van der Waals surface area contributed by atoms with Crippen molar-refractivity contribution in [3.63, 3.8) is 0 Å². The van der Waals surface area contributed by atoms with Gasteiger partial charge in [-0.15, -0.1) is 0 Å². The molecule has 72 valence electrons. The van der Waals surface area contributed by atoms with Gasteiger partial charge in [-0.1, -0.05) is 39.5 Å².